The molecule has 1 saturated carbocycles. The largest absolute Gasteiger partial charge is 0.355 e. The van der Waals surface area contributed by atoms with Crippen molar-refractivity contribution >= 4 is 44.3 Å². The second-order valence-electron chi connectivity index (χ2n) is 6.68. The topological polar surface area (TPSA) is 29.0 Å². The molecular formula is C16H15BrClF2N3. The molecule has 4 rings (SSSR count). The van der Waals surface area contributed by atoms with Crippen molar-refractivity contribution in [1.82, 2.24) is 9.97 Å². The van der Waals surface area contributed by atoms with E-state index in [4.69, 9.17) is 11.6 Å². The van der Waals surface area contributed by atoms with E-state index in [9.17, 15) is 8.78 Å². The van der Waals surface area contributed by atoms with Gasteiger partial charge in [0.05, 0.1) is 4.47 Å². The van der Waals surface area contributed by atoms with Gasteiger partial charge in [-0.15, -0.1) is 0 Å². The van der Waals surface area contributed by atoms with Crippen molar-refractivity contribution in [2.24, 2.45) is 17.8 Å². The highest BCUT2D eigenvalue weighted by Gasteiger charge is 2.38. The summed E-state index contributed by atoms with van der Waals surface area (Å²) in [5.74, 6) is 1.03. The third kappa shape index (κ3) is 2.50. The van der Waals surface area contributed by atoms with Crippen LogP contribution in [-0.2, 0) is 0 Å². The average Bonchev–Trinajstić information content (AvgIpc) is 2.77. The quantitative estimate of drug-likeness (QED) is 0.506. The highest BCUT2D eigenvalue weighted by atomic mass is 79.9. The van der Waals surface area contributed by atoms with E-state index in [0.717, 1.165) is 13.1 Å². The Morgan fingerprint density at radius 1 is 1.26 bits per heavy atom. The molecule has 2 heterocycles. The fraction of sp³-hybridized carbons (Fsp3) is 0.500. The van der Waals surface area contributed by atoms with Gasteiger partial charge in [0.25, 0.3) is 0 Å². The van der Waals surface area contributed by atoms with Gasteiger partial charge >= 0.3 is 0 Å². The van der Waals surface area contributed by atoms with Crippen LogP contribution in [0.3, 0.4) is 0 Å². The second kappa shape index (κ2) is 5.52. The van der Waals surface area contributed by atoms with Gasteiger partial charge < -0.3 is 4.90 Å². The van der Waals surface area contributed by atoms with Crippen molar-refractivity contribution in [3.8, 4) is 0 Å². The van der Waals surface area contributed by atoms with E-state index >= 15 is 0 Å². The third-order valence-electron chi connectivity index (χ3n) is 5.16. The third-order valence-corrected chi connectivity index (χ3v) is 6.05. The van der Waals surface area contributed by atoms with Gasteiger partial charge in [-0.25, -0.2) is 13.8 Å². The maximum atomic E-state index is 14.4. The summed E-state index contributed by atoms with van der Waals surface area (Å²) in [4.78, 5) is 10.4. The molecule has 1 aromatic heterocycles. The Balaban J connectivity index is 1.87. The normalized spacial score (nSPS) is 27.0. The number of hydrogen-bond donors (Lipinski definition) is 0. The number of rotatable bonds is 1. The van der Waals surface area contributed by atoms with E-state index in [1.807, 2.05) is 0 Å². The molecule has 0 radical (unpaired) electrons. The summed E-state index contributed by atoms with van der Waals surface area (Å²) in [5.41, 5.74) is 0.0549. The summed E-state index contributed by atoms with van der Waals surface area (Å²) < 4.78 is 28.1. The Labute approximate surface area is 146 Å². The highest BCUT2D eigenvalue weighted by molar-refractivity contribution is 9.10. The smallest absolute Gasteiger partial charge is 0.225 e. The minimum absolute atomic E-state index is 0.0177. The van der Waals surface area contributed by atoms with E-state index < -0.39 is 11.6 Å². The first-order valence-electron chi connectivity index (χ1n) is 7.69. The van der Waals surface area contributed by atoms with Crippen LogP contribution in [0.5, 0.6) is 0 Å². The van der Waals surface area contributed by atoms with Gasteiger partial charge in [0.1, 0.15) is 17.2 Å². The molecule has 1 aliphatic carbocycles. The van der Waals surface area contributed by atoms with Gasteiger partial charge in [-0.1, -0.05) is 6.92 Å². The minimum atomic E-state index is -0.737. The molecule has 2 bridgehead atoms. The summed E-state index contributed by atoms with van der Waals surface area (Å²) in [7, 11) is 0. The molecule has 0 spiro atoms. The predicted octanol–water partition coefficient (Wildman–Crippen LogP) is 4.81. The Morgan fingerprint density at radius 2 is 2.04 bits per heavy atom. The van der Waals surface area contributed by atoms with Gasteiger partial charge in [0, 0.05) is 18.5 Å². The van der Waals surface area contributed by atoms with Crippen molar-refractivity contribution in [2.45, 2.75) is 19.8 Å². The van der Waals surface area contributed by atoms with E-state index in [1.54, 1.807) is 0 Å². The second-order valence-corrected chi connectivity index (χ2v) is 7.81. The molecule has 2 aromatic rings. The Kier molecular flexibility index (Phi) is 3.72. The number of hydrogen-bond acceptors (Lipinski definition) is 3. The Morgan fingerprint density at radius 3 is 2.78 bits per heavy atom. The standard InChI is InChI=1S/C16H15BrClF2N3/c1-7-2-8-3-9(7)6-23(5-8)15-10-4-11(19)12(17)13(20)14(10)21-16(18)22-15/h4,7-9H,2-3,5-6H2,1H3/t7-,8+,9-/m1/s1. The number of piperidine rings is 1. The van der Waals surface area contributed by atoms with Crippen LogP contribution in [0, 0.1) is 29.4 Å². The number of benzene rings is 1. The molecule has 0 N–H and O–H groups in total. The molecule has 3 nitrogen and oxygen atoms in total. The number of aromatic nitrogens is 2. The molecule has 1 aliphatic heterocycles. The molecule has 0 unspecified atom stereocenters. The molecular weight excluding hydrogens is 388 g/mol. The van der Waals surface area contributed by atoms with Crippen LogP contribution in [0.1, 0.15) is 19.8 Å². The lowest BCUT2D eigenvalue weighted by atomic mass is 9.95. The summed E-state index contributed by atoms with van der Waals surface area (Å²) in [6.07, 6.45) is 2.43. The van der Waals surface area contributed by atoms with E-state index in [-0.39, 0.29) is 15.3 Å². The lowest BCUT2D eigenvalue weighted by Gasteiger charge is -2.34. The van der Waals surface area contributed by atoms with Crippen LogP contribution in [0.4, 0.5) is 14.6 Å². The lowest BCUT2D eigenvalue weighted by Crippen LogP contribution is -2.37. The van der Waals surface area contributed by atoms with Crippen molar-refractivity contribution in [2.75, 3.05) is 18.0 Å². The molecule has 23 heavy (non-hydrogen) atoms. The summed E-state index contributed by atoms with van der Waals surface area (Å²) in [6.45, 7) is 3.97. The first-order chi connectivity index (χ1) is 10.9. The number of fused-ring (bicyclic) bond motifs is 3. The van der Waals surface area contributed by atoms with Gasteiger partial charge in [0.2, 0.25) is 5.28 Å². The number of halogens is 4. The van der Waals surface area contributed by atoms with Crippen LogP contribution in [0.15, 0.2) is 10.5 Å². The lowest BCUT2D eigenvalue weighted by molar-refractivity contribution is 0.387. The zero-order valence-electron chi connectivity index (χ0n) is 12.5. The summed E-state index contributed by atoms with van der Waals surface area (Å²) in [5, 5.41) is 0.359. The first kappa shape index (κ1) is 15.5. The first-order valence-corrected chi connectivity index (χ1v) is 8.86. The average molecular weight is 403 g/mol. The molecule has 0 amide bonds. The van der Waals surface area contributed by atoms with Crippen LogP contribution < -0.4 is 4.90 Å². The zero-order valence-corrected chi connectivity index (χ0v) is 14.8. The van der Waals surface area contributed by atoms with Crippen molar-refractivity contribution in [3.05, 3.63) is 27.5 Å². The molecule has 2 fully saturated rings. The fourth-order valence-electron chi connectivity index (χ4n) is 4.09. The predicted molar refractivity (Wildman–Crippen MR) is 89.8 cm³/mol. The van der Waals surface area contributed by atoms with Crippen LogP contribution in [-0.4, -0.2) is 23.1 Å². The SMILES string of the molecule is C[C@@H]1C[C@H]2C[C@@H]1CN(c1nc(Cl)nc3c(F)c(Br)c(F)cc13)C2. The number of anilines is 1. The molecule has 3 atom stereocenters. The van der Waals surface area contributed by atoms with E-state index in [1.165, 1.54) is 18.9 Å². The Bertz CT molecular complexity index is 799. The monoisotopic (exact) mass is 401 g/mol. The molecule has 1 aromatic carbocycles. The van der Waals surface area contributed by atoms with Crippen LogP contribution in [0.2, 0.25) is 5.28 Å². The highest BCUT2D eigenvalue weighted by Crippen LogP contribution is 2.43. The fourth-order valence-corrected chi connectivity index (χ4v) is 4.56. The number of nitrogens with zero attached hydrogens (tertiary/aromatic N) is 3. The van der Waals surface area contributed by atoms with Crippen LogP contribution >= 0.6 is 27.5 Å². The summed E-state index contributed by atoms with van der Waals surface area (Å²) in [6, 6.07) is 1.29. The molecule has 2 aliphatic rings. The maximum absolute atomic E-state index is 14.4. The minimum Gasteiger partial charge on any atom is -0.355 e. The van der Waals surface area contributed by atoms with E-state index in [0.29, 0.717) is 29.0 Å². The maximum Gasteiger partial charge on any atom is 0.225 e. The van der Waals surface area contributed by atoms with Crippen LogP contribution in [0.25, 0.3) is 10.9 Å². The zero-order chi connectivity index (χ0) is 16.3. The summed E-state index contributed by atoms with van der Waals surface area (Å²) >= 11 is 8.91. The van der Waals surface area contributed by atoms with Crippen molar-refractivity contribution in [1.29, 1.82) is 0 Å². The van der Waals surface area contributed by atoms with Gasteiger partial charge in [0.15, 0.2) is 5.82 Å². The molecule has 1 saturated heterocycles. The van der Waals surface area contributed by atoms with Gasteiger partial charge in [-0.05, 0) is 64.2 Å². The van der Waals surface area contributed by atoms with E-state index in [2.05, 4.69) is 37.7 Å². The van der Waals surface area contributed by atoms with Crippen molar-refractivity contribution < 1.29 is 8.78 Å². The molecule has 7 heteroatoms. The Hall–Kier alpha value is -1.01. The van der Waals surface area contributed by atoms with Gasteiger partial charge in [-0.3, -0.25) is 0 Å². The molecule has 122 valence electrons. The van der Waals surface area contributed by atoms with Gasteiger partial charge in [-0.2, -0.15) is 4.98 Å². The van der Waals surface area contributed by atoms with Crippen molar-refractivity contribution in [3.63, 3.8) is 0 Å².